The number of rotatable bonds is 7. The molecule has 1 aromatic rings. The highest BCUT2D eigenvalue weighted by molar-refractivity contribution is 5.92. The van der Waals surface area contributed by atoms with Crippen LogP contribution in [0.2, 0.25) is 0 Å². The second-order valence-electron chi connectivity index (χ2n) is 5.72. The van der Waals surface area contributed by atoms with Crippen molar-refractivity contribution in [1.29, 1.82) is 0 Å². The van der Waals surface area contributed by atoms with Crippen molar-refractivity contribution in [3.63, 3.8) is 0 Å². The van der Waals surface area contributed by atoms with Gasteiger partial charge in [0.15, 0.2) is 11.5 Å². The lowest BCUT2D eigenvalue weighted by Crippen LogP contribution is -2.33. The molecule has 0 atom stereocenters. The molecule has 21 heavy (non-hydrogen) atoms. The van der Waals surface area contributed by atoms with E-state index < -0.39 is 0 Å². The third-order valence-corrected chi connectivity index (χ3v) is 3.88. The van der Waals surface area contributed by atoms with Gasteiger partial charge in [-0.3, -0.25) is 4.79 Å². The first-order chi connectivity index (χ1) is 10.2. The topological polar surface area (TPSA) is 58.1 Å². The number of amides is 1. The van der Waals surface area contributed by atoms with Crippen LogP contribution < -0.4 is 10.2 Å². The highest BCUT2D eigenvalue weighted by atomic mass is 16.2. The van der Waals surface area contributed by atoms with E-state index in [0.29, 0.717) is 11.7 Å². The molecule has 1 aromatic heterocycles. The number of carbonyl (C=O) groups is 1. The molecule has 1 N–H and O–H groups in total. The Morgan fingerprint density at radius 1 is 1.19 bits per heavy atom. The zero-order valence-corrected chi connectivity index (χ0v) is 13.1. The van der Waals surface area contributed by atoms with Crippen molar-refractivity contribution < 1.29 is 4.79 Å². The Morgan fingerprint density at radius 3 is 2.38 bits per heavy atom. The summed E-state index contributed by atoms with van der Waals surface area (Å²) in [5.41, 5.74) is 0.415. The first-order valence-electron chi connectivity index (χ1n) is 8.14. The van der Waals surface area contributed by atoms with E-state index in [1.807, 2.05) is 6.07 Å². The molecule has 1 aliphatic rings. The van der Waals surface area contributed by atoms with Crippen LogP contribution in [0.4, 0.5) is 5.82 Å². The van der Waals surface area contributed by atoms with Crippen LogP contribution in [0.25, 0.3) is 0 Å². The van der Waals surface area contributed by atoms with Gasteiger partial charge in [-0.25, -0.2) is 0 Å². The molecule has 1 heterocycles. The molecule has 1 fully saturated rings. The van der Waals surface area contributed by atoms with Gasteiger partial charge >= 0.3 is 0 Å². The normalized spacial score (nSPS) is 15.1. The van der Waals surface area contributed by atoms with Crippen LogP contribution in [0.3, 0.4) is 0 Å². The van der Waals surface area contributed by atoms with E-state index in [4.69, 9.17) is 0 Å². The van der Waals surface area contributed by atoms with E-state index in [1.165, 1.54) is 12.8 Å². The van der Waals surface area contributed by atoms with E-state index in [2.05, 4.69) is 34.3 Å². The Kier molecular flexibility index (Phi) is 5.96. The summed E-state index contributed by atoms with van der Waals surface area (Å²) in [7, 11) is 0. The van der Waals surface area contributed by atoms with Crippen LogP contribution >= 0.6 is 0 Å². The summed E-state index contributed by atoms with van der Waals surface area (Å²) in [5, 5.41) is 11.4. The molecule has 0 aromatic carbocycles. The summed E-state index contributed by atoms with van der Waals surface area (Å²) in [4.78, 5) is 14.3. The van der Waals surface area contributed by atoms with Gasteiger partial charge < -0.3 is 10.2 Å². The van der Waals surface area contributed by atoms with Gasteiger partial charge in [-0.05, 0) is 37.8 Å². The molecule has 5 heteroatoms. The van der Waals surface area contributed by atoms with Crippen LogP contribution in [-0.4, -0.2) is 35.2 Å². The third kappa shape index (κ3) is 4.41. The van der Waals surface area contributed by atoms with Gasteiger partial charge in [0.2, 0.25) is 0 Å². The van der Waals surface area contributed by atoms with Crippen molar-refractivity contribution >= 4 is 11.7 Å². The Balaban J connectivity index is 1.97. The summed E-state index contributed by atoms with van der Waals surface area (Å²) in [6.07, 6.45) is 6.73. The van der Waals surface area contributed by atoms with E-state index in [0.717, 1.165) is 44.6 Å². The summed E-state index contributed by atoms with van der Waals surface area (Å²) in [6, 6.07) is 4.00. The van der Waals surface area contributed by atoms with Gasteiger partial charge in [0.05, 0.1) is 0 Å². The fraction of sp³-hybridized carbons (Fsp3) is 0.688. The van der Waals surface area contributed by atoms with Gasteiger partial charge in [-0.2, -0.15) is 0 Å². The predicted molar refractivity (Wildman–Crippen MR) is 84.5 cm³/mol. The van der Waals surface area contributed by atoms with Gasteiger partial charge in [-0.15, -0.1) is 10.2 Å². The van der Waals surface area contributed by atoms with Crippen molar-refractivity contribution in [3.05, 3.63) is 17.8 Å². The maximum atomic E-state index is 12.1. The molecular weight excluding hydrogens is 264 g/mol. The molecule has 1 amide bonds. The van der Waals surface area contributed by atoms with Crippen molar-refractivity contribution in [2.24, 2.45) is 0 Å². The van der Waals surface area contributed by atoms with Gasteiger partial charge in [-0.1, -0.05) is 26.7 Å². The molecule has 5 nitrogen and oxygen atoms in total. The lowest BCUT2D eigenvalue weighted by molar-refractivity contribution is 0.0932. The zero-order chi connectivity index (χ0) is 15.1. The van der Waals surface area contributed by atoms with E-state index in [-0.39, 0.29) is 5.91 Å². The average molecular weight is 290 g/mol. The first kappa shape index (κ1) is 15.7. The molecule has 116 valence electrons. The van der Waals surface area contributed by atoms with E-state index in [1.54, 1.807) is 6.07 Å². The minimum absolute atomic E-state index is 0.0986. The number of nitrogens with one attached hydrogen (secondary N) is 1. The van der Waals surface area contributed by atoms with Crippen molar-refractivity contribution in [3.8, 4) is 0 Å². The minimum Gasteiger partial charge on any atom is -0.355 e. The number of anilines is 1. The van der Waals surface area contributed by atoms with E-state index in [9.17, 15) is 4.79 Å². The van der Waals surface area contributed by atoms with Crippen LogP contribution in [0.15, 0.2) is 12.1 Å². The fourth-order valence-corrected chi connectivity index (χ4v) is 2.83. The zero-order valence-electron chi connectivity index (χ0n) is 13.1. The lowest BCUT2D eigenvalue weighted by atomic mass is 10.2. The molecule has 0 unspecified atom stereocenters. The van der Waals surface area contributed by atoms with Gasteiger partial charge in [0, 0.05) is 19.1 Å². The monoisotopic (exact) mass is 290 g/mol. The van der Waals surface area contributed by atoms with Crippen LogP contribution in [0.5, 0.6) is 0 Å². The Hall–Kier alpha value is -1.65. The summed E-state index contributed by atoms with van der Waals surface area (Å²) >= 11 is 0. The molecule has 0 saturated heterocycles. The van der Waals surface area contributed by atoms with Crippen molar-refractivity contribution in [2.45, 2.75) is 58.4 Å². The SMILES string of the molecule is CCCN(CCC)c1ccc(C(=O)NC2CCCC2)nn1. The number of hydrogen-bond acceptors (Lipinski definition) is 4. The lowest BCUT2D eigenvalue weighted by Gasteiger charge is -2.21. The highest BCUT2D eigenvalue weighted by Gasteiger charge is 2.19. The molecule has 0 radical (unpaired) electrons. The predicted octanol–water partition coefficient (Wildman–Crippen LogP) is 2.78. The van der Waals surface area contributed by atoms with Crippen LogP contribution in [0.1, 0.15) is 62.9 Å². The summed E-state index contributed by atoms with van der Waals surface area (Å²) in [6.45, 7) is 6.24. The quantitative estimate of drug-likeness (QED) is 0.839. The number of aromatic nitrogens is 2. The van der Waals surface area contributed by atoms with Crippen molar-refractivity contribution in [1.82, 2.24) is 15.5 Å². The molecule has 0 spiro atoms. The molecule has 1 saturated carbocycles. The number of hydrogen-bond donors (Lipinski definition) is 1. The maximum absolute atomic E-state index is 12.1. The fourth-order valence-electron chi connectivity index (χ4n) is 2.83. The molecule has 0 aliphatic heterocycles. The number of carbonyl (C=O) groups excluding carboxylic acids is 1. The molecule has 2 rings (SSSR count). The second-order valence-corrected chi connectivity index (χ2v) is 5.72. The average Bonchev–Trinajstić information content (AvgIpc) is 3.00. The molecular formula is C16H26N4O. The molecule has 0 bridgehead atoms. The van der Waals surface area contributed by atoms with Crippen LogP contribution in [-0.2, 0) is 0 Å². The van der Waals surface area contributed by atoms with Crippen LogP contribution in [0, 0.1) is 0 Å². The van der Waals surface area contributed by atoms with Crippen molar-refractivity contribution in [2.75, 3.05) is 18.0 Å². The molecule has 1 aliphatic carbocycles. The summed E-state index contributed by atoms with van der Waals surface area (Å²) < 4.78 is 0. The maximum Gasteiger partial charge on any atom is 0.272 e. The largest absolute Gasteiger partial charge is 0.355 e. The van der Waals surface area contributed by atoms with E-state index >= 15 is 0 Å². The first-order valence-corrected chi connectivity index (χ1v) is 8.14. The Labute approximate surface area is 127 Å². The minimum atomic E-state index is -0.0986. The van der Waals surface area contributed by atoms with Gasteiger partial charge in [0.1, 0.15) is 0 Å². The highest BCUT2D eigenvalue weighted by Crippen LogP contribution is 2.18. The van der Waals surface area contributed by atoms with Gasteiger partial charge in [0.25, 0.3) is 5.91 Å². The third-order valence-electron chi connectivity index (χ3n) is 3.88. The Bertz CT molecular complexity index is 434. The standard InChI is InChI=1S/C16H26N4O/c1-3-11-20(12-4-2)15-10-9-14(18-19-15)16(21)17-13-7-5-6-8-13/h9-10,13H,3-8,11-12H2,1-2H3,(H,17,21). The second kappa shape index (κ2) is 7.96. The summed E-state index contributed by atoms with van der Waals surface area (Å²) in [5.74, 6) is 0.759. The smallest absolute Gasteiger partial charge is 0.272 e. The number of nitrogens with zero attached hydrogens (tertiary/aromatic N) is 3. The Morgan fingerprint density at radius 2 is 1.86 bits per heavy atom.